The minimum absolute atomic E-state index is 0.0986. The first-order chi connectivity index (χ1) is 35.0. The lowest BCUT2D eigenvalue weighted by Gasteiger charge is -2.18. The van der Waals surface area contributed by atoms with Gasteiger partial charge in [0, 0.05) is 19.3 Å². The van der Waals surface area contributed by atoms with Gasteiger partial charge in [-0.05, 0) is 116 Å². The minimum atomic E-state index is -0.805. The van der Waals surface area contributed by atoms with E-state index in [0.717, 1.165) is 116 Å². The lowest BCUT2D eigenvalue weighted by atomic mass is 10.0. The molecule has 0 spiro atoms. The smallest absolute Gasteiger partial charge is 0.306 e. The van der Waals surface area contributed by atoms with Crippen molar-refractivity contribution in [3.8, 4) is 0 Å². The van der Waals surface area contributed by atoms with Crippen LogP contribution in [0.4, 0.5) is 0 Å². The number of unbranched alkanes of at least 4 members (excludes halogenated alkanes) is 26. The van der Waals surface area contributed by atoms with E-state index in [9.17, 15) is 14.4 Å². The lowest BCUT2D eigenvalue weighted by Crippen LogP contribution is -2.30. The molecule has 0 amide bonds. The van der Waals surface area contributed by atoms with Crippen LogP contribution in [-0.2, 0) is 28.6 Å². The molecule has 1 atom stereocenters. The summed E-state index contributed by atoms with van der Waals surface area (Å²) in [7, 11) is 0. The summed E-state index contributed by atoms with van der Waals surface area (Å²) in [5, 5.41) is 0. The molecule has 0 saturated carbocycles. The van der Waals surface area contributed by atoms with Crippen LogP contribution in [0, 0.1) is 0 Å². The number of allylic oxidation sites excluding steroid dienone is 16. The third-order valence-corrected chi connectivity index (χ3v) is 12.6. The highest BCUT2D eigenvalue weighted by Crippen LogP contribution is 2.16. The van der Waals surface area contributed by atoms with E-state index in [2.05, 4.69) is 118 Å². The van der Waals surface area contributed by atoms with Crippen molar-refractivity contribution in [2.45, 2.75) is 284 Å². The van der Waals surface area contributed by atoms with Crippen molar-refractivity contribution in [3.05, 3.63) is 97.2 Å². The van der Waals surface area contributed by atoms with Crippen molar-refractivity contribution in [2.24, 2.45) is 0 Å². The quantitative estimate of drug-likeness (QED) is 0.0261. The number of carbonyl (C=O) groups is 3. The van der Waals surface area contributed by atoms with Crippen LogP contribution in [0.3, 0.4) is 0 Å². The summed E-state index contributed by atoms with van der Waals surface area (Å²) < 4.78 is 16.8. The van der Waals surface area contributed by atoms with Gasteiger partial charge in [-0.15, -0.1) is 0 Å². The summed E-state index contributed by atoms with van der Waals surface area (Å²) in [5.41, 5.74) is 0. The fourth-order valence-electron chi connectivity index (χ4n) is 8.15. The Bertz CT molecular complexity index is 1410. The van der Waals surface area contributed by atoms with E-state index < -0.39 is 6.10 Å². The maximum atomic E-state index is 12.8. The van der Waals surface area contributed by atoms with Crippen molar-refractivity contribution in [1.29, 1.82) is 0 Å². The molecule has 0 heterocycles. The molecule has 0 aliphatic rings. The van der Waals surface area contributed by atoms with Crippen LogP contribution in [0.15, 0.2) is 97.2 Å². The SMILES string of the molecule is CC/C=C\C/C=C\C/C=C\CCCCCC(=O)OCC(COC(=O)CCCCCCCCCCCCCCCCC/C=C\C/C=C\CCCCCCC)OC(=O)CCCCC/C=C\C/C=C\C/C=C\CC. The van der Waals surface area contributed by atoms with E-state index in [0.29, 0.717) is 12.8 Å². The molecular weight excluding hydrogens is 877 g/mol. The number of rotatable bonds is 53. The van der Waals surface area contributed by atoms with Crippen LogP contribution >= 0.6 is 0 Å². The third kappa shape index (κ3) is 57.1. The second kappa shape index (κ2) is 58.9. The molecule has 0 N–H and O–H groups in total. The Kier molecular flexibility index (Phi) is 55.9. The van der Waals surface area contributed by atoms with Gasteiger partial charge < -0.3 is 14.2 Å². The Morgan fingerprint density at radius 1 is 0.296 bits per heavy atom. The molecule has 71 heavy (non-hydrogen) atoms. The largest absolute Gasteiger partial charge is 0.462 e. The van der Waals surface area contributed by atoms with Gasteiger partial charge in [0.25, 0.3) is 0 Å². The van der Waals surface area contributed by atoms with E-state index in [4.69, 9.17) is 14.2 Å². The summed E-state index contributed by atoms with van der Waals surface area (Å²) >= 11 is 0. The summed E-state index contributed by atoms with van der Waals surface area (Å²) in [6.07, 6.45) is 78.5. The highest BCUT2D eigenvalue weighted by atomic mass is 16.6. The van der Waals surface area contributed by atoms with E-state index in [1.165, 1.54) is 122 Å². The maximum absolute atomic E-state index is 12.8. The average molecular weight is 988 g/mol. The first kappa shape index (κ1) is 67.3. The van der Waals surface area contributed by atoms with Crippen LogP contribution < -0.4 is 0 Å². The fraction of sp³-hybridized carbons (Fsp3) is 0.708. The predicted octanol–water partition coefficient (Wildman–Crippen LogP) is 20.1. The summed E-state index contributed by atoms with van der Waals surface area (Å²) in [5.74, 6) is -0.957. The molecule has 0 saturated heterocycles. The summed E-state index contributed by atoms with van der Waals surface area (Å²) in [4.78, 5) is 38.1. The molecule has 0 rings (SSSR count). The van der Waals surface area contributed by atoms with E-state index in [-0.39, 0.29) is 37.5 Å². The van der Waals surface area contributed by atoms with Gasteiger partial charge >= 0.3 is 17.9 Å². The van der Waals surface area contributed by atoms with E-state index in [1.54, 1.807) is 0 Å². The van der Waals surface area contributed by atoms with Gasteiger partial charge in [-0.2, -0.15) is 0 Å². The van der Waals surface area contributed by atoms with Crippen LogP contribution in [0.5, 0.6) is 0 Å². The van der Waals surface area contributed by atoms with Gasteiger partial charge in [0.05, 0.1) is 0 Å². The number of hydrogen-bond donors (Lipinski definition) is 0. The van der Waals surface area contributed by atoms with Gasteiger partial charge in [0.2, 0.25) is 0 Å². The standard InChI is InChI=1S/C65H110O6/c1-4-7-10-13-16-19-22-25-26-27-28-29-30-31-32-33-34-35-36-37-38-41-43-46-49-52-55-58-64(67)70-61-62(71-65(68)59-56-53-50-47-44-40-24-21-18-15-12-9-6-3)60-69-63(66)57-54-51-48-45-42-39-23-20-17-14-11-8-5-2/h8-9,11-12,17-18,20-22,25,27-28,39-40,42,44,62H,4-7,10,13-16,19,23-24,26,29-38,41,43,45-61H2,1-3H3/b11-8-,12-9-,20-17-,21-18-,25-22-,28-27-,42-39-,44-40-. The zero-order valence-corrected chi connectivity index (χ0v) is 46.5. The number of carbonyl (C=O) groups excluding carboxylic acids is 3. The molecule has 0 aromatic heterocycles. The minimum Gasteiger partial charge on any atom is -0.462 e. The molecule has 0 bridgehead atoms. The molecule has 0 aromatic rings. The second-order valence-corrected chi connectivity index (χ2v) is 19.5. The average Bonchev–Trinajstić information content (AvgIpc) is 3.37. The van der Waals surface area contributed by atoms with Gasteiger partial charge in [-0.3, -0.25) is 14.4 Å². The molecule has 1 unspecified atom stereocenters. The van der Waals surface area contributed by atoms with Crippen molar-refractivity contribution < 1.29 is 28.6 Å². The summed E-state index contributed by atoms with van der Waals surface area (Å²) in [6.45, 7) is 6.36. The third-order valence-electron chi connectivity index (χ3n) is 12.6. The van der Waals surface area contributed by atoms with Crippen LogP contribution in [0.2, 0.25) is 0 Å². The van der Waals surface area contributed by atoms with Crippen LogP contribution in [0.1, 0.15) is 278 Å². The Hall–Kier alpha value is -3.67. The number of hydrogen-bond acceptors (Lipinski definition) is 6. The van der Waals surface area contributed by atoms with E-state index >= 15 is 0 Å². The predicted molar refractivity (Wildman–Crippen MR) is 307 cm³/mol. The molecular formula is C65H110O6. The zero-order chi connectivity index (χ0) is 51.4. The zero-order valence-electron chi connectivity index (χ0n) is 46.5. The molecule has 0 aliphatic heterocycles. The number of ether oxygens (including phenoxy) is 3. The van der Waals surface area contributed by atoms with Crippen molar-refractivity contribution >= 4 is 17.9 Å². The van der Waals surface area contributed by atoms with Crippen LogP contribution in [0.25, 0.3) is 0 Å². The van der Waals surface area contributed by atoms with Crippen molar-refractivity contribution in [3.63, 3.8) is 0 Å². The molecule has 0 radical (unpaired) electrons. The monoisotopic (exact) mass is 987 g/mol. The number of esters is 3. The van der Waals surface area contributed by atoms with Crippen molar-refractivity contribution in [2.75, 3.05) is 13.2 Å². The molecule has 406 valence electrons. The Labute approximate surface area is 438 Å². The highest BCUT2D eigenvalue weighted by Gasteiger charge is 2.19. The Morgan fingerprint density at radius 3 is 0.873 bits per heavy atom. The molecule has 0 aliphatic carbocycles. The lowest BCUT2D eigenvalue weighted by molar-refractivity contribution is -0.167. The maximum Gasteiger partial charge on any atom is 0.306 e. The Balaban J connectivity index is 4.25. The molecule has 6 nitrogen and oxygen atoms in total. The second-order valence-electron chi connectivity index (χ2n) is 19.5. The molecule has 0 aromatic carbocycles. The van der Waals surface area contributed by atoms with Crippen molar-refractivity contribution in [1.82, 2.24) is 0 Å². The van der Waals surface area contributed by atoms with E-state index in [1.807, 2.05) is 0 Å². The first-order valence-corrected chi connectivity index (χ1v) is 29.7. The fourth-order valence-corrected chi connectivity index (χ4v) is 8.15. The van der Waals surface area contributed by atoms with Gasteiger partial charge in [-0.25, -0.2) is 0 Å². The van der Waals surface area contributed by atoms with Gasteiger partial charge in [0.1, 0.15) is 13.2 Å². The van der Waals surface area contributed by atoms with Gasteiger partial charge in [-0.1, -0.05) is 240 Å². The highest BCUT2D eigenvalue weighted by molar-refractivity contribution is 5.71. The first-order valence-electron chi connectivity index (χ1n) is 29.7. The Morgan fingerprint density at radius 2 is 0.549 bits per heavy atom. The topological polar surface area (TPSA) is 78.9 Å². The molecule has 6 heteroatoms. The normalized spacial score (nSPS) is 12.8. The molecule has 0 fully saturated rings. The summed E-state index contributed by atoms with van der Waals surface area (Å²) in [6, 6.07) is 0. The van der Waals surface area contributed by atoms with Gasteiger partial charge in [0.15, 0.2) is 6.10 Å². The van der Waals surface area contributed by atoms with Crippen LogP contribution in [-0.4, -0.2) is 37.2 Å².